The summed E-state index contributed by atoms with van der Waals surface area (Å²) in [5, 5.41) is 10.6. The van der Waals surface area contributed by atoms with E-state index < -0.39 is 5.92 Å². The highest BCUT2D eigenvalue weighted by molar-refractivity contribution is 14.1. The van der Waals surface area contributed by atoms with Gasteiger partial charge in [0.15, 0.2) is 17.3 Å². The van der Waals surface area contributed by atoms with Crippen molar-refractivity contribution < 1.29 is 14.3 Å². The molecule has 0 amide bonds. The van der Waals surface area contributed by atoms with Gasteiger partial charge in [0, 0.05) is 35.3 Å². The van der Waals surface area contributed by atoms with E-state index >= 15 is 0 Å². The first-order valence-electron chi connectivity index (χ1n) is 11.1. The van der Waals surface area contributed by atoms with Crippen molar-refractivity contribution in [2.45, 2.75) is 38.7 Å². The number of carbonyl (C=O) groups excluding carboxylic acids is 1. The number of hydrogen-bond donors (Lipinski definition) is 1. The Morgan fingerprint density at radius 1 is 1.26 bits per heavy atom. The standard InChI is InChI=1S/C26H25ClIN3O3/c1-3-33-22-12-16(11-19(28)25(22)34-14-15-7-4-5-8-18(15)27)23-17(13-29)26(30)31(2)20-9-6-10-21(32)24(20)23/h4-5,7-8,11-12,23H,3,6,9-10,14,30H2,1-2H3/t23-/m1/s1. The van der Waals surface area contributed by atoms with Crippen molar-refractivity contribution in [3.63, 3.8) is 0 Å². The van der Waals surface area contributed by atoms with Gasteiger partial charge in [-0.25, -0.2) is 0 Å². The second-order valence-electron chi connectivity index (χ2n) is 8.18. The summed E-state index contributed by atoms with van der Waals surface area (Å²) in [6.07, 6.45) is 2.00. The summed E-state index contributed by atoms with van der Waals surface area (Å²) in [6, 6.07) is 13.6. The van der Waals surface area contributed by atoms with Crippen LogP contribution in [0.25, 0.3) is 0 Å². The molecule has 8 heteroatoms. The average molecular weight is 590 g/mol. The van der Waals surface area contributed by atoms with Gasteiger partial charge in [-0.3, -0.25) is 4.79 Å². The normalized spacial score (nSPS) is 18.0. The number of ketones is 1. The van der Waals surface area contributed by atoms with E-state index in [1.807, 2.05) is 50.4 Å². The number of nitriles is 1. The SMILES string of the molecule is CCOc1cc([C@@H]2C(C#N)=C(N)N(C)C3=C2C(=O)CCC3)cc(I)c1OCc1ccccc1Cl. The first-order valence-corrected chi connectivity index (χ1v) is 12.5. The minimum atomic E-state index is -0.533. The number of hydrogen-bond acceptors (Lipinski definition) is 6. The summed E-state index contributed by atoms with van der Waals surface area (Å²) in [5.41, 5.74) is 9.95. The first kappa shape index (κ1) is 24.4. The number of rotatable bonds is 6. The molecule has 1 aliphatic carbocycles. The Hall–Kier alpha value is -2.70. The van der Waals surface area contributed by atoms with Crippen molar-refractivity contribution in [1.29, 1.82) is 5.26 Å². The van der Waals surface area contributed by atoms with E-state index in [0.717, 1.165) is 33.2 Å². The van der Waals surface area contributed by atoms with E-state index in [-0.39, 0.29) is 12.4 Å². The number of nitrogens with zero attached hydrogens (tertiary/aromatic N) is 2. The van der Waals surface area contributed by atoms with E-state index in [2.05, 4.69) is 28.7 Å². The second-order valence-corrected chi connectivity index (χ2v) is 9.75. The molecule has 0 saturated carbocycles. The third kappa shape index (κ3) is 4.49. The van der Waals surface area contributed by atoms with Crippen LogP contribution in [0.3, 0.4) is 0 Å². The maximum Gasteiger partial charge on any atom is 0.174 e. The molecule has 0 spiro atoms. The van der Waals surface area contributed by atoms with Crippen LogP contribution in [0.4, 0.5) is 0 Å². The fourth-order valence-electron chi connectivity index (χ4n) is 4.52. The van der Waals surface area contributed by atoms with Gasteiger partial charge in [0.25, 0.3) is 0 Å². The fraction of sp³-hybridized carbons (Fsp3) is 0.308. The van der Waals surface area contributed by atoms with Gasteiger partial charge < -0.3 is 20.1 Å². The third-order valence-electron chi connectivity index (χ3n) is 6.16. The molecule has 0 saturated heterocycles. The van der Waals surface area contributed by atoms with Gasteiger partial charge in [-0.1, -0.05) is 29.8 Å². The van der Waals surface area contributed by atoms with Gasteiger partial charge in [0.05, 0.1) is 27.7 Å². The van der Waals surface area contributed by atoms with Crippen LogP contribution >= 0.6 is 34.2 Å². The lowest BCUT2D eigenvalue weighted by atomic mass is 9.76. The monoisotopic (exact) mass is 589 g/mol. The Bertz CT molecular complexity index is 1250. The number of allylic oxidation sites excluding steroid dienone is 3. The van der Waals surface area contributed by atoms with Crippen molar-refractivity contribution in [1.82, 2.24) is 4.90 Å². The molecule has 2 aromatic rings. The van der Waals surface area contributed by atoms with Crippen molar-refractivity contribution in [3.8, 4) is 17.6 Å². The minimum absolute atomic E-state index is 0.0605. The van der Waals surface area contributed by atoms with Crippen LogP contribution in [0.5, 0.6) is 11.5 Å². The highest BCUT2D eigenvalue weighted by Gasteiger charge is 2.39. The summed E-state index contributed by atoms with van der Waals surface area (Å²) in [7, 11) is 1.82. The van der Waals surface area contributed by atoms with E-state index in [9.17, 15) is 10.1 Å². The second kappa shape index (κ2) is 10.3. The summed E-state index contributed by atoms with van der Waals surface area (Å²) in [6.45, 7) is 2.62. The summed E-state index contributed by atoms with van der Waals surface area (Å²) in [4.78, 5) is 14.8. The lowest BCUT2D eigenvalue weighted by molar-refractivity contribution is -0.116. The molecule has 1 aliphatic heterocycles. The minimum Gasteiger partial charge on any atom is -0.490 e. The molecular weight excluding hydrogens is 565 g/mol. The quantitative estimate of drug-likeness (QED) is 0.438. The van der Waals surface area contributed by atoms with Crippen LogP contribution in [0.15, 0.2) is 59.1 Å². The Kier molecular flexibility index (Phi) is 7.39. The fourth-order valence-corrected chi connectivity index (χ4v) is 5.49. The van der Waals surface area contributed by atoms with Crippen LogP contribution in [0.2, 0.25) is 5.02 Å². The van der Waals surface area contributed by atoms with Gasteiger partial charge in [-0.05, 0) is 66.1 Å². The average Bonchev–Trinajstić information content (AvgIpc) is 2.82. The van der Waals surface area contributed by atoms with Gasteiger partial charge in [-0.15, -0.1) is 0 Å². The molecule has 1 heterocycles. The number of ether oxygens (including phenoxy) is 2. The molecule has 34 heavy (non-hydrogen) atoms. The predicted molar refractivity (Wildman–Crippen MR) is 139 cm³/mol. The Morgan fingerprint density at radius 3 is 2.74 bits per heavy atom. The number of carbonyl (C=O) groups is 1. The maximum atomic E-state index is 13.1. The molecular formula is C26H25ClIN3O3. The van der Waals surface area contributed by atoms with Crippen molar-refractivity contribution in [3.05, 3.63) is 78.8 Å². The topological polar surface area (TPSA) is 88.6 Å². The van der Waals surface area contributed by atoms with Crippen LogP contribution in [0.1, 0.15) is 43.2 Å². The van der Waals surface area contributed by atoms with Crippen LogP contribution in [-0.4, -0.2) is 24.3 Å². The number of Topliss-reactive ketones (excluding diaryl/α,β-unsaturated/α-hetero) is 1. The smallest absolute Gasteiger partial charge is 0.174 e. The number of nitrogens with two attached hydrogens (primary N) is 1. The zero-order valence-electron chi connectivity index (χ0n) is 19.0. The van der Waals surface area contributed by atoms with Crippen molar-refractivity contribution >= 4 is 40.0 Å². The molecule has 2 aliphatic rings. The molecule has 4 rings (SSSR count). The lowest BCUT2D eigenvalue weighted by Crippen LogP contribution is -2.36. The Labute approximate surface area is 218 Å². The number of benzene rings is 2. The molecule has 0 aromatic heterocycles. The van der Waals surface area contributed by atoms with E-state index in [0.29, 0.717) is 46.5 Å². The molecule has 0 unspecified atom stereocenters. The van der Waals surface area contributed by atoms with Crippen LogP contribution < -0.4 is 15.2 Å². The van der Waals surface area contributed by atoms with Crippen LogP contribution in [-0.2, 0) is 11.4 Å². The summed E-state index contributed by atoms with van der Waals surface area (Å²) >= 11 is 8.49. The molecule has 2 N–H and O–H groups in total. The molecule has 2 aromatic carbocycles. The zero-order valence-corrected chi connectivity index (χ0v) is 21.9. The van der Waals surface area contributed by atoms with Gasteiger partial charge in [0.1, 0.15) is 12.4 Å². The Balaban J connectivity index is 1.79. The molecule has 6 nitrogen and oxygen atoms in total. The molecule has 0 fully saturated rings. The van der Waals surface area contributed by atoms with Crippen molar-refractivity contribution in [2.75, 3.05) is 13.7 Å². The molecule has 1 atom stereocenters. The van der Waals surface area contributed by atoms with Gasteiger partial charge in [-0.2, -0.15) is 5.26 Å². The first-order chi connectivity index (χ1) is 16.4. The van der Waals surface area contributed by atoms with Gasteiger partial charge >= 0.3 is 0 Å². The summed E-state index contributed by atoms with van der Waals surface area (Å²) < 4.78 is 12.9. The lowest BCUT2D eigenvalue weighted by Gasteiger charge is -2.37. The van der Waals surface area contributed by atoms with Gasteiger partial charge in [0.2, 0.25) is 0 Å². The predicted octanol–water partition coefficient (Wildman–Crippen LogP) is 5.65. The third-order valence-corrected chi connectivity index (χ3v) is 7.33. The molecule has 0 bridgehead atoms. The zero-order chi connectivity index (χ0) is 24.4. The molecule has 0 radical (unpaired) electrons. The highest BCUT2D eigenvalue weighted by atomic mass is 127. The van der Waals surface area contributed by atoms with E-state index in [1.54, 1.807) is 4.90 Å². The molecule has 176 valence electrons. The highest BCUT2D eigenvalue weighted by Crippen LogP contribution is 2.47. The Morgan fingerprint density at radius 2 is 2.03 bits per heavy atom. The van der Waals surface area contributed by atoms with E-state index in [1.165, 1.54) is 0 Å². The number of halogens is 2. The maximum absolute atomic E-state index is 13.1. The van der Waals surface area contributed by atoms with Crippen LogP contribution in [0, 0.1) is 14.9 Å². The largest absolute Gasteiger partial charge is 0.490 e. The van der Waals surface area contributed by atoms with Crippen molar-refractivity contribution in [2.24, 2.45) is 5.73 Å². The van der Waals surface area contributed by atoms with E-state index in [4.69, 9.17) is 26.8 Å². The summed E-state index contributed by atoms with van der Waals surface area (Å²) in [5.74, 6) is 1.06.